The van der Waals surface area contributed by atoms with Gasteiger partial charge in [-0.15, -0.1) is 0 Å². The van der Waals surface area contributed by atoms with E-state index < -0.39 is 0 Å². The minimum atomic E-state index is -0.156. The largest absolute Gasteiger partial charge is 0.456 e. The molecule has 0 amide bonds. The summed E-state index contributed by atoms with van der Waals surface area (Å²) < 4.78 is 5.65. The third kappa shape index (κ3) is 4.11. The zero-order chi connectivity index (χ0) is 16.1. The summed E-state index contributed by atoms with van der Waals surface area (Å²) in [6, 6.07) is 12.0. The van der Waals surface area contributed by atoms with Gasteiger partial charge >= 0.3 is 0 Å². The summed E-state index contributed by atoms with van der Waals surface area (Å²) in [5, 5.41) is 0.358. The third-order valence-electron chi connectivity index (χ3n) is 3.00. The number of ether oxygens (including phenoxy) is 1. The molecule has 3 heterocycles. The van der Waals surface area contributed by atoms with Crippen LogP contribution in [0.5, 0.6) is 11.5 Å². The minimum absolute atomic E-state index is 0.129. The Hall–Kier alpha value is -2.79. The lowest BCUT2D eigenvalue weighted by Crippen LogP contribution is -2.07. The standard InChI is InChI=1S/C17H12ClN3O2/c18-17-5-1-3-12(21-17)9-16(22)15-10-13(6-8-20-15)23-14-4-2-7-19-11-14/h1-8,10-11H,9H2. The molecule has 0 N–H and O–H groups in total. The molecule has 0 saturated carbocycles. The van der Waals surface area contributed by atoms with Crippen LogP contribution in [0.25, 0.3) is 0 Å². The Bertz CT molecular complexity index is 825. The monoisotopic (exact) mass is 325 g/mol. The van der Waals surface area contributed by atoms with E-state index in [-0.39, 0.29) is 12.2 Å². The molecule has 0 bridgehead atoms. The average Bonchev–Trinajstić information content (AvgIpc) is 2.56. The van der Waals surface area contributed by atoms with Gasteiger partial charge in [0.1, 0.15) is 22.3 Å². The summed E-state index contributed by atoms with van der Waals surface area (Å²) in [7, 11) is 0. The first-order valence-electron chi connectivity index (χ1n) is 6.89. The SMILES string of the molecule is O=C(Cc1cccc(Cl)n1)c1cc(Oc2cccnc2)ccn1. The molecule has 3 aromatic heterocycles. The van der Waals surface area contributed by atoms with E-state index in [1.165, 1.54) is 6.20 Å². The zero-order valence-electron chi connectivity index (χ0n) is 12.0. The minimum Gasteiger partial charge on any atom is -0.456 e. The van der Waals surface area contributed by atoms with Gasteiger partial charge in [-0.3, -0.25) is 14.8 Å². The molecule has 23 heavy (non-hydrogen) atoms. The second kappa shape index (κ2) is 6.98. The third-order valence-corrected chi connectivity index (χ3v) is 3.21. The molecule has 0 aliphatic heterocycles. The van der Waals surface area contributed by atoms with Crippen LogP contribution in [0, 0.1) is 0 Å². The number of hydrogen-bond acceptors (Lipinski definition) is 5. The fourth-order valence-corrected chi connectivity index (χ4v) is 2.16. The van der Waals surface area contributed by atoms with Crippen molar-refractivity contribution >= 4 is 17.4 Å². The molecule has 0 aliphatic rings. The molecule has 0 aromatic carbocycles. The first kappa shape index (κ1) is 15.1. The van der Waals surface area contributed by atoms with Gasteiger partial charge in [0.05, 0.1) is 12.6 Å². The van der Waals surface area contributed by atoms with Crippen molar-refractivity contribution in [2.45, 2.75) is 6.42 Å². The zero-order valence-corrected chi connectivity index (χ0v) is 12.8. The van der Waals surface area contributed by atoms with Crippen LogP contribution in [0.3, 0.4) is 0 Å². The highest BCUT2D eigenvalue weighted by molar-refractivity contribution is 6.29. The van der Waals surface area contributed by atoms with Crippen LogP contribution in [-0.2, 0) is 6.42 Å². The molecule has 3 rings (SSSR count). The molecular weight excluding hydrogens is 314 g/mol. The predicted molar refractivity (Wildman–Crippen MR) is 85.8 cm³/mol. The van der Waals surface area contributed by atoms with Crippen LogP contribution >= 0.6 is 11.6 Å². The molecular formula is C17H12ClN3O2. The van der Waals surface area contributed by atoms with Gasteiger partial charge in [-0.05, 0) is 30.3 Å². The van der Waals surface area contributed by atoms with Crippen LogP contribution in [0.4, 0.5) is 0 Å². The molecule has 0 spiro atoms. The predicted octanol–water partition coefficient (Wildman–Crippen LogP) is 3.74. The Labute approximate surface area is 138 Å². The highest BCUT2D eigenvalue weighted by Gasteiger charge is 2.11. The highest BCUT2D eigenvalue weighted by atomic mass is 35.5. The van der Waals surface area contributed by atoms with E-state index in [4.69, 9.17) is 16.3 Å². The highest BCUT2D eigenvalue weighted by Crippen LogP contribution is 2.20. The normalized spacial score (nSPS) is 10.3. The Balaban J connectivity index is 1.75. The van der Waals surface area contributed by atoms with E-state index in [2.05, 4.69) is 15.0 Å². The number of Topliss-reactive ketones (excluding diaryl/α,β-unsaturated/α-hetero) is 1. The van der Waals surface area contributed by atoms with Crippen molar-refractivity contribution in [2.75, 3.05) is 0 Å². The van der Waals surface area contributed by atoms with E-state index in [0.717, 1.165) is 0 Å². The molecule has 0 atom stereocenters. The molecule has 6 heteroatoms. The van der Waals surface area contributed by atoms with Crippen molar-refractivity contribution < 1.29 is 9.53 Å². The topological polar surface area (TPSA) is 65.0 Å². The van der Waals surface area contributed by atoms with Crippen LogP contribution in [0.1, 0.15) is 16.2 Å². The van der Waals surface area contributed by atoms with Gasteiger partial charge in [0.15, 0.2) is 5.78 Å². The average molecular weight is 326 g/mol. The van der Waals surface area contributed by atoms with Crippen molar-refractivity contribution in [3.05, 3.63) is 77.6 Å². The summed E-state index contributed by atoms with van der Waals surface area (Å²) in [6.07, 6.45) is 4.92. The van der Waals surface area contributed by atoms with E-state index in [1.807, 2.05) is 0 Å². The van der Waals surface area contributed by atoms with Crippen molar-refractivity contribution in [3.8, 4) is 11.5 Å². The first-order valence-corrected chi connectivity index (χ1v) is 7.27. The number of aromatic nitrogens is 3. The van der Waals surface area contributed by atoms with Crippen molar-refractivity contribution in [2.24, 2.45) is 0 Å². The van der Waals surface area contributed by atoms with Crippen molar-refractivity contribution in [3.63, 3.8) is 0 Å². The molecule has 0 saturated heterocycles. The van der Waals surface area contributed by atoms with E-state index in [0.29, 0.717) is 28.0 Å². The molecule has 0 fully saturated rings. The maximum Gasteiger partial charge on any atom is 0.187 e. The smallest absolute Gasteiger partial charge is 0.187 e. The molecule has 3 aromatic rings. The Kier molecular flexibility index (Phi) is 4.59. The molecule has 5 nitrogen and oxygen atoms in total. The number of pyridine rings is 3. The van der Waals surface area contributed by atoms with Crippen LogP contribution in [0.15, 0.2) is 61.1 Å². The van der Waals surface area contributed by atoms with Crippen LogP contribution in [-0.4, -0.2) is 20.7 Å². The number of halogens is 1. The Morgan fingerprint density at radius 1 is 1.09 bits per heavy atom. The number of carbonyl (C=O) groups is 1. The number of rotatable bonds is 5. The maximum atomic E-state index is 12.3. The lowest BCUT2D eigenvalue weighted by Gasteiger charge is -2.06. The number of ketones is 1. The summed E-state index contributed by atoms with van der Waals surface area (Å²) >= 11 is 5.83. The summed E-state index contributed by atoms with van der Waals surface area (Å²) in [4.78, 5) is 24.5. The van der Waals surface area contributed by atoms with Gasteiger partial charge in [0, 0.05) is 24.2 Å². The van der Waals surface area contributed by atoms with E-state index >= 15 is 0 Å². The molecule has 0 aliphatic carbocycles. The quantitative estimate of drug-likeness (QED) is 0.528. The first-order chi connectivity index (χ1) is 11.2. The number of nitrogens with zero attached hydrogens (tertiary/aromatic N) is 3. The lowest BCUT2D eigenvalue weighted by molar-refractivity contribution is 0.0987. The lowest BCUT2D eigenvalue weighted by atomic mass is 10.1. The van der Waals surface area contributed by atoms with E-state index in [9.17, 15) is 4.79 Å². The Morgan fingerprint density at radius 3 is 2.78 bits per heavy atom. The van der Waals surface area contributed by atoms with Crippen LogP contribution in [0.2, 0.25) is 5.15 Å². The maximum absolute atomic E-state index is 12.3. The van der Waals surface area contributed by atoms with Crippen molar-refractivity contribution in [1.29, 1.82) is 0 Å². The second-order valence-corrected chi connectivity index (χ2v) is 5.11. The van der Waals surface area contributed by atoms with Gasteiger partial charge in [-0.2, -0.15) is 0 Å². The van der Waals surface area contributed by atoms with Gasteiger partial charge in [-0.25, -0.2) is 4.98 Å². The fourth-order valence-electron chi connectivity index (χ4n) is 1.97. The van der Waals surface area contributed by atoms with Crippen LogP contribution < -0.4 is 4.74 Å². The molecule has 0 radical (unpaired) electrons. The number of carbonyl (C=O) groups excluding carboxylic acids is 1. The summed E-state index contributed by atoms with van der Waals surface area (Å²) in [5.74, 6) is 0.959. The van der Waals surface area contributed by atoms with Gasteiger partial charge in [-0.1, -0.05) is 17.7 Å². The Morgan fingerprint density at radius 2 is 2.00 bits per heavy atom. The van der Waals surface area contributed by atoms with Crippen molar-refractivity contribution in [1.82, 2.24) is 15.0 Å². The fraction of sp³-hybridized carbons (Fsp3) is 0.0588. The van der Waals surface area contributed by atoms with Gasteiger partial charge < -0.3 is 4.74 Å². The molecule has 0 unspecified atom stereocenters. The number of hydrogen-bond donors (Lipinski definition) is 0. The van der Waals surface area contributed by atoms with Gasteiger partial charge in [0.2, 0.25) is 0 Å². The van der Waals surface area contributed by atoms with Gasteiger partial charge in [0.25, 0.3) is 0 Å². The molecule has 114 valence electrons. The summed E-state index contributed by atoms with van der Waals surface area (Å²) in [6.45, 7) is 0. The van der Waals surface area contributed by atoms with E-state index in [1.54, 1.807) is 54.9 Å². The second-order valence-electron chi connectivity index (χ2n) is 4.72. The summed E-state index contributed by atoms with van der Waals surface area (Å²) in [5.41, 5.74) is 0.913.